The third kappa shape index (κ3) is 5.36. The van der Waals surface area contributed by atoms with E-state index in [1.54, 1.807) is 0 Å². The molecule has 1 aromatic carbocycles. The summed E-state index contributed by atoms with van der Waals surface area (Å²) in [5, 5.41) is 2.82. The van der Waals surface area contributed by atoms with Crippen molar-refractivity contribution < 1.29 is 9.59 Å². The number of ketones is 1. The van der Waals surface area contributed by atoms with Crippen molar-refractivity contribution in [2.24, 2.45) is 5.41 Å². The molecule has 0 radical (unpaired) electrons. The first-order chi connectivity index (χ1) is 15.3. The van der Waals surface area contributed by atoms with Gasteiger partial charge in [-0.2, -0.15) is 0 Å². The number of carbonyl (C=O) groups excluding carboxylic acids is 2. The van der Waals surface area contributed by atoms with Gasteiger partial charge in [0.1, 0.15) is 5.56 Å². The van der Waals surface area contributed by atoms with E-state index in [0.717, 1.165) is 25.2 Å². The second-order valence-corrected chi connectivity index (χ2v) is 10.0. The molecule has 0 atom stereocenters. The fraction of sp³-hybridized carbons (Fsp3) is 0.500. The first-order valence-corrected chi connectivity index (χ1v) is 11.7. The van der Waals surface area contributed by atoms with E-state index in [4.69, 9.17) is 0 Å². The molecule has 0 unspecified atom stereocenters. The molecule has 32 heavy (non-hydrogen) atoms. The number of aromatic amines is 1. The number of hydrogen-bond acceptors (Lipinski definition) is 4. The number of amides is 1. The maximum atomic E-state index is 12.7. The van der Waals surface area contributed by atoms with Crippen molar-refractivity contribution in [2.75, 3.05) is 13.1 Å². The molecule has 1 aromatic heterocycles. The molecular formula is C26H33N3O3. The summed E-state index contributed by atoms with van der Waals surface area (Å²) in [5.41, 5.74) is 2.71. The average molecular weight is 436 g/mol. The highest BCUT2D eigenvalue weighted by molar-refractivity contribution is 6.02. The summed E-state index contributed by atoms with van der Waals surface area (Å²) in [4.78, 5) is 42.9. The molecule has 4 rings (SSSR count). The van der Waals surface area contributed by atoms with Crippen LogP contribution in [-0.4, -0.2) is 34.7 Å². The fourth-order valence-electron chi connectivity index (χ4n) is 4.79. The number of benzene rings is 1. The molecule has 0 spiro atoms. The zero-order valence-corrected chi connectivity index (χ0v) is 19.1. The van der Waals surface area contributed by atoms with Crippen LogP contribution in [-0.2, 0) is 19.5 Å². The van der Waals surface area contributed by atoms with E-state index in [9.17, 15) is 14.4 Å². The van der Waals surface area contributed by atoms with Crippen molar-refractivity contribution in [1.29, 1.82) is 0 Å². The van der Waals surface area contributed by atoms with Gasteiger partial charge in [-0.25, -0.2) is 0 Å². The SMILES string of the molecule is CC1(C)CC(=O)c2cc(C(=O)NCc3ccc(CN4CCCCCC4)cc3)c(=O)[nH]c2C1. The monoisotopic (exact) mass is 435 g/mol. The Balaban J connectivity index is 1.38. The number of rotatable bonds is 5. The van der Waals surface area contributed by atoms with E-state index in [1.165, 1.54) is 37.3 Å². The smallest absolute Gasteiger partial charge is 0.261 e. The molecule has 0 bridgehead atoms. The zero-order chi connectivity index (χ0) is 22.7. The van der Waals surface area contributed by atoms with E-state index in [2.05, 4.69) is 27.3 Å². The highest BCUT2D eigenvalue weighted by Crippen LogP contribution is 2.33. The lowest BCUT2D eigenvalue weighted by Crippen LogP contribution is -2.34. The lowest BCUT2D eigenvalue weighted by Gasteiger charge is -2.29. The molecule has 2 heterocycles. The minimum Gasteiger partial charge on any atom is -0.348 e. The van der Waals surface area contributed by atoms with Gasteiger partial charge >= 0.3 is 0 Å². The molecule has 2 aliphatic rings. The van der Waals surface area contributed by atoms with Crippen molar-refractivity contribution in [3.63, 3.8) is 0 Å². The quantitative estimate of drug-likeness (QED) is 0.748. The van der Waals surface area contributed by atoms with Crippen LogP contribution in [0.15, 0.2) is 35.1 Å². The van der Waals surface area contributed by atoms with Crippen LogP contribution < -0.4 is 10.9 Å². The number of aromatic nitrogens is 1. The predicted octanol–water partition coefficient (Wildman–Crippen LogP) is 3.84. The second kappa shape index (κ2) is 9.41. The largest absolute Gasteiger partial charge is 0.348 e. The van der Waals surface area contributed by atoms with Crippen molar-refractivity contribution >= 4 is 11.7 Å². The van der Waals surface area contributed by atoms with Gasteiger partial charge in [0.05, 0.1) is 0 Å². The number of fused-ring (bicyclic) bond motifs is 1. The van der Waals surface area contributed by atoms with Crippen LogP contribution in [0.1, 0.15) is 83.5 Å². The Labute approximate surface area is 189 Å². The lowest BCUT2D eigenvalue weighted by molar-refractivity contribution is 0.0910. The molecular weight excluding hydrogens is 402 g/mol. The van der Waals surface area contributed by atoms with Gasteiger partial charge in [0.25, 0.3) is 11.5 Å². The van der Waals surface area contributed by atoms with Gasteiger partial charge in [-0.3, -0.25) is 19.3 Å². The van der Waals surface area contributed by atoms with Gasteiger partial charge in [-0.1, -0.05) is 51.0 Å². The van der Waals surface area contributed by atoms with E-state index in [-0.39, 0.29) is 16.8 Å². The van der Waals surface area contributed by atoms with Crippen LogP contribution in [0.5, 0.6) is 0 Å². The Morgan fingerprint density at radius 2 is 1.66 bits per heavy atom. The molecule has 6 nitrogen and oxygen atoms in total. The van der Waals surface area contributed by atoms with Gasteiger partial charge in [0.15, 0.2) is 5.78 Å². The van der Waals surface area contributed by atoms with Gasteiger partial charge in [-0.05, 0) is 55.0 Å². The Hall–Kier alpha value is -2.73. The number of pyridine rings is 1. The van der Waals surface area contributed by atoms with Crippen LogP contribution in [0.2, 0.25) is 0 Å². The van der Waals surface area contributed by atoms with Crippen LogP contribution in [0.3, 0.4) is 0 Å². The van der Waals surface area contributed by atoms with Crippen LogP contribution in [0.4, 0.5) is 0 Å². The molecule has 1 saturated heterocycles. The molecule has 2 aromatic rings. The molecule has 0 saturated carbocycles. The minimum absolute atomic E-state index is 0.00501. The summed E-state index contributed by atoms with van der Waals surface area (Å²) in [5.74, 6) is -0.484. The van der Waals surface area contributed by atoms with E-state index in [1.807, 2.05) is 26.0 Å². The Bertz CT molecular complexity index is 1040. The summed E-state index contributed by atoms with van der Waals surface area (Å²) in [6.07, 6.45) is 6.24. The van der Waals surface area contributed by atoms with Gasteiger partial charge < -0.3 is 10.3 Å². The number of H-pyrrole nitrogens is 1. The summed E-state index contributed by atoms with van der Waals surface area (Å²) < 4.78 is 0. The summed E-state index contributed by atoms with van der Waals surface area (Å²) in [6, 6.07) is 9.73. The maximum Gasteiger partial charge on any atom is 0.261 e. The number of nitrogens with one attached hydrogen (secondary N) is 2. The first-order valence-electron chi connectivity index (χ1n) is 11.7. The second-order valence-electron chi connectivity index (χ2n) is 10.0. The maximum absolute atomic E-state index is 12.7. The lowest BCUT2D eigenvalue weighted by atomic mass is 9.75. The standard InChI is InChI=1S/C26H33N3O3/c1-26(2)14-22-20(23(30)15-26)13-21(25(32)28-22)24(31)27-16-18-7-9-19(10-8-18)17-29-11-5-3-4-6-12-29/h7-10,13H,3-6,11-12,14-17H2,1-2H3,(H,27,31)(H,28,32). The summed E-state index contributed by atoms with van der Waals surface area (Å²) in [7, 11) is 0. The third-order valence-corrected chi connectivity index (χ3v) is 6.54. The van der Waals surface area contributed by atoms with E-state index < -0.39 is 11.5 Å². The van der Waals surface area contributed by atoms with Crippen molar-refractivity contribution in [3.05, 3.63) is 68.6 Å². The van der Waals surface area contributed by atoms with Gasteiger partial charge in [-0.15, -0.1) is 0 Å². The topological polar surface area (TPSA) is 82.3 Å². The first kappa shape index (κ1) is 22.5. The number of likely N-dealkylation sites (tertiary alicyclic amines) is 1. The Morgan fingerprint density at radius 1 is 1.00 bits per heavy atom. The molecule has 6 heteroatoms. The molecule has 2 N–H and O–H groups in total. The van der Waals surface area contributed by atoms with Gasteiger partial charge in [0, 0.05) is 30.8 Å². The minimum atomic E-state index is -0.458. The number of carbonyl (C=O) groups is 2. The fourth-order valence-corrected chi connectivity index (χ4v) is 4.79. The highest BCUT2D eigenvalue weighted by Gasteiger charge is 2.32. The van der Waals surface area contributed by atoms with Crippen molar-refractivity contribution in [1.82, 2.24) is 15.2 Å². The van der Waals surface area contributed by atoms with Crippen LogP contribution in [0.25, 0.3) is 0 Å². The molecule has 170 valence electrons. The number of Topliss-reactive ketones (excluding diaryl/α,β-unsaturated/α-hetero) is 1. The third-order valence-electron chi connectivity index (χ3n) is 6.54. The number of hydrogen-bond donors (Lipinski definition) is 2. The molecule has 1 aliphatic heterocycles. The predicted molar refractivity (Wildman–Crippen MR) is 125 cm³/mol. The highest BCUT2D eigenvalue weighted by atomic mass is 16.2. The summed E-state index contributed by atoms with van der Waals surface area (Å²) >= 11 is 0. The average Bonchev–Trinajstić information content (AvgIpc) is 3.00. The number of nitrogens with zero attached hydrogens (tertiary/aromatic N) is 1. The van der Waals surface area contributed by atoms with Crippen LogP contribution >= 0.6 is 0 Å². The normalized spacial score (nSPS) is 18.6. The Morgan fingerprint density at radius 3 is 2.34 bits per heavy atom. The Kier molecular flexibility index (Phi) is 6.60. The van der Waals surface area contributed by atoms with Gasteiger partial charge in [0.2, 0.25) is 0 Å². The molecule has 1 aliphatic carbocycles. The molecule has 1 amide bonds. The van der Waals surface area contributed by atoms with Crippen molar-refractivity contribution in [3.8, 4) is 0 Å². The van der Waals surface area contributed by atoms with Crippen molar-refractivity contribution in [2.45, 2.75) is 65.5 Å². The van der Waals surface area contributed by atoms with E-state index in [0.29, 0.717) is 30.6 Å². The zero-order valence-electron chi connectivity index (χ0n) is 19.1. The van der Waals surface area contributed by atoms with E-state index >= 15 is 0 Å². The summed E-state index contributed by atoms with van der Waals surface area (Å²) in [6.45, 7) is 7.63. The molecule has 1 fully saturated rings. The van der Waals surface area contributed by atoms with Crippen LogP contribution in [0, 0.1) is 5.41 Å².